The van der Waals surface area contributed by atoms with Crippen LogP contribution < -0.4 is 10.9 Å². The number of carbonyl (C=O) groups excluding carboxylic acids is 2. The van der Waals surface area contributed by atoms with Crippen molar-refractivity contribution in [3.63, 3.8) is 0 Å². The molecule has 1 saturated heterocycles. The Bertz CT molecular complexity index is 1050. The van der Waals surface area contributed by atoms with E-state index in [2.05, 4.69) is 10.9 Å². The number of amides is 2. The van der Waals surface area contributed by atoms with E-state index in [1.807, 2.05) is 0 Å². The largest absolute Gasteiger partial charge is 0.270 e. The lowest BCUT2D eigenvalue weighted by Crippen LogP contribution is -2.41. The number of nitrogens with one attached hydrogen (secondary N) is 2. The van der Waals surface area contributed by atoms with Gasteiger partial charge in [0.05, 0.1) is 9.82 Å². The Morgan fingerprint density at radius 1 is 0.931 bits per heavy atom. The molecule has 2 N–H and O–H groups in total. The molecular weight excluding hydrogens is 400 g/mol. The molecule has 0 aromatic heterocycles. The summed E-state index contributed by atoms with van der Waals surface area (Å²) in [6, 6.07) is 10.4. The van der Waals surface area contributed by atoms with Crippen molar-refractivity contribution in [3.05, 3.63) is 69.8 Å². The Balaban J connectivity index is 1.63. The fourth-order valence-corrected chi connectivity index (χ4v) is 4.39. The van der Waals surface area contributed by atoms with Gasteiger partial charge in [0, 0.05) is 36.3 Å². The van der Waals surface area contributed by atoms with Crippen molar-refractivity contribution in [3.8, 4) is 0 Å². The number of non-ortho nitro benzene ring substituents is 1. The minimum absolute atomic E-state index is 0.00607. The number of hydrogen-bond donors (Lipinski definition) is 2. The van der Waals surface area contributed by atoms with Crippen LogP contribution in [0.25, 0.3) is 0 Å². The first-order valence-corrected chi connectivity index (χ1v) is 10.2. The van der Waals surface area contributed by atoms with Crippen molar-refractivity contribution >= 4 is 27.5 Å². The Hall–Kier alpha value is -3.31. The number of sulfonamides is 1. The highest BCUT2D eigenvalue weighted by molar-refractivity contribution is 7.89. The summed E-state index contributed by atoms with van der Waals surface area (Å²) in [6.45, 7) is 0.961. The van der Waals surface area contributed by atoms with E-state index in [9.17, 15) is 28.1 Å². The van der Waals surface area contributed by atoms with Crippen molar-refractivity contribution in [2.45, 2.75) is 17.7 Å². The molecule has 2 aromatic carbocycles. The minimum atomic E-state index is -3.58. The Kier molecular flexibility index (Phi) is 5.89. The van der Waals surface area contributed by atoms with Crippen LogP contribution >= 0.6 is 0 Å². The van der Waals surface area contributed by atoms with Crippen molar-refractivity contribution in [2.75, 3.05) is 13.1 Å². The summed E-state index contributed by atoms with van der Waals surface area (Å²) in [6.07, 6.45) is 1.65. The molecule has 11 heteroatoms. The molecule has 2 amide bonds. The number of carbonyl (C=O) groups is 2. The van der Waals surface area contributed by atoms with E-state index in [-0.39, 0.29) is 21.7 Å². The number of nitro benzene ring substituents is 1. The highest BCUT2D eigenvalue weighted by Crippen LogP contribution is 2.21. The number of nitro groups is 1. The van der Waals surface area contributed by atoms with Gasteiger partial charge in [-0.25, -0.2) is 8.42 Å². The summed E-state index contributed by atoms with van der Waals surface area (Å²) in [5.41, 5.74) is 4.25. The van der Waals surface area contributed by atoms with E-state index >= 15 is 0 Å². The number of nitrogens with zero attached hydrogens (tertiary/aromatic N) is 2. The van der Waals surface area contributed by atoms with E-state index in [1.54, 1.807) is 0 Å². The summed E-state index contributed by atoms with van der Waals surface area (Å²) in [5.74, 6) is -1.39. The van der Waals surface area contributed by atoms with Gasteiger partial charge in [-0.3, -0.25) is 30.6 Å². The standard InChI is InChI=1S/C18H18N4O6S/c23-17(19-20-18(24)14-4-3-5-15(12-14)22(25)26)13-6-8-16(9-7-13)29(27,28)21-10-1-2-11-21/h3-9,12H,1-2,10-11H2,(H,19,23)(H,20,24). The fraction of sp³-hybridized carbons (Fsp3) is 0.222. The summed E-state index contributed by atoms with van der Waals surface area (Å²) < 4.78 is 26.4. The van der Waals surface area contributed by atoms with Crippen LogP contribution in [-0.2, 0) is 10.0 Å². The Morgan fingerprint density at radius 3 is 2.10 bits per heavy atom. The maximum atomic E-state index is 12.5. The molecule has 0 atom stereocenters. The number of rotatable bonds is 5. The maximum Gasteiger partial charge on any atom is 0.270 e. The molecule has 152 valence electrons. The van der Waals surface area contributed by atoms with Gasteiger partial charge in [-0.1, -0.05) is 6.07 Å². The Morgan fingerprint density at radius 2 is 1.52 bits per heavy atom. The normalized spacial score (nSPS) is 14.3. The third kappa shape index (κ3) is 4.58. The number of hydrazine groups is 1. The first-order valence-electron chi connectivity index (χ1n) is 8.74. The first kappa shape index (κ1) is 20.4. The lowest BCUT2D eigenvalue weighted by molar-refractivity contribution is -0.384. The van der Waals surface area contributed by atoms with E-state index in [0.717, 1.165) is 18.9 Å². The zero-order valence-corrected chi connectivity index (χ0v) is 16.0. The lowest BCUT2D eigenvalue weighted by Gasteiger charge is -2.15. The third-order valence-corrected chi connectivity index (χ3v) is 6.34. The molecule has 1 fully saturated rings. The van der Waals surface area contributed by atoms with Crippen LogP contribution in [0, 0.1) is 10.1 Å². The molecule has 0 bridgehead atoms. The van der Waals surface area contributed by atoms with Crippen LogP contribution in [0.5, 0.6) is 0 Å². The van der Waals surface area contributed by atoms with Gasteiger partial charge in [-0.15, -0.1) is 0 Å². The SMILES string of the molecule is O=C(NNC(=O)c1cccc([N+](=O)[O-])c1)c1ccc(S(=O)(=O)N2CCCC2)cc1. The second kappa shape index (κ2) is 8.37. The van der Waals surface area contributed by atoms with Crippen LogP contribution in [0.4, 0.5) is 5.69 Å². The van der Waals surface area contributed by atoms with Gasteiger partial charge in [0.2, 0.25) is 10.0 Å². The minimum Gasteiger partial charge on any atom is -0.267 e. The molecule has 0 aliphatic carbocycles. The van der Waals surface area contributed by atoms with E-state index in [4.69, 9.17) is 0 Å². The van der Waals surface area contributed by atoms with Gasteiger partial charge in [-0.2, -0.15) is 4.31 Å². The van der Waals surface area contributed by atoms with Gasteiger partial charge >= 0.3 is 0 Å². The molecule has 1 aliphatic heterocycles. The molecule has 1 aliphatic rings. The fourth-order valence-electron chi connectivity index (χ4n) is 2.87. The van der Waals surface area contributed by atoms with Gasteiger partial charge in [0.15, 0.2) is 0 Å². The highest BCUT2D eigenvalue weighted by atomic mass is 32.2. The van der Waals surface area contributed by atoms with Crippen molar-refractivity contribution in [1.29, 1.82) is 0 Å². The molecular formula is C18H18N4O6S. The highest BCUT2D eigenvalue weighted by Gasteiger charge is 2.27. The molecule has 0 radical (unpaired) electrons. The predicted molar refractivity (Wildman–Crippen MR) is 102 cm³/mol. The summed E-state index contributed by atoms with van der Waals surface area (Å²) in [4.78, 5) is 34.5. The Labute approximate surface area is 166 Å². The summed E-state index contributed by atoms with van der Waals surface area (Å²) in [5, 5.41) is 10.8. The van der Waals surface area contributed by atoms with Crippen LogP contribution in [0.2, 0.25) is 0 Å². The van der Waals surface area contributed by atoms with Gasteiger partial charge < -0.3 is 0 Å². The average Bonchev–Trinajstić information content (AvgIpc) is 3.27. The van der Waals surface area contributed by atoms with Crippen LogP contribution in [-0.4, -0.2) is 42.6 Å². The molecule has 0 saturated carbocycles. The second-order valence-electron chi connectivity index (χ2n) is 6.35. The number of hydrogen-bond acceptors (Lipinski definition) is 6. The monoisotopic (exact) mass is 418 g/mol. The zero-order chi connectivity index (χ0) is 21.0. The van der Waals surface area contributed by atoms with Crippen LogP contribution in [0.3, 0.4) is 0 Å². The average molecular weight is 418 g/mol. The molecule has 1 heterocycles. The van der Waals surface area contributed by atoms with Gasteiger partial charge in [0.1, 0.15) is 0 Å². The molecule has 10 nitrogen and oxygen atoms in total. The van der Waals surface area contributed by atoms with Crippen LogP contribution in [0.1, 0.15) is 33.6 Å². The van der Waals surface area contributed by atoms with E-state index < -0.39 is 26.8 Å². The second-order valence-corrected chi connectivity index (χ2v) is 8.29. The smallest absolute Gasteiger partial charge is 0.267 e. The topological polar surface area (TPSA) is 139 Å². The quantitative estimate of drug-likeness (QED) is 0.557. The summed E-state index contributed by atoms with van der Waals surface area (Å²) in [7, 11) is -3.58. The number of benzene rings is 2. The molecule has 2 aromatic rings. The molecule has 0 unspecified atom stereocenters. The van der Waals surface area contributed by atoms with E-state index in [0.29, 0.717) is 13.1 Å². The van der Waals surface area contributed by atoms with Gasteiger partial charge in [-0.05, 0) is 43.2 Å². The molecule has 0 spiro atoms. The van der Waals surface area contributed by atoms with Crippen molar-refractivity contribution in [2.24, 2.45) is 0 Å². The third-order valence-electron chi connectivity index (χ3n) is 4.43. The van der Waals surface area contributed by atoms with Crippen molar-refractivity contribution < 1.29 is 22.9 Å². The molecule has 3 rings (SSSR count). The predicted octanol–water partition coefficient (Wildman–Crippen LogP) is 1.45. The van der Waals surface area contributed by atoms with E-state index in [1.165, 1.54) is 46.8 Å². The van der Waals surface area contributed by atoms with Crippen molar-refractivity contribution in [1.82, 2.24) is 15.2 Å². The zero-order valence-electron chi connectivity index (χ0n) is 15.2. The maximum absolute atomic E-state index is 12.5. The first-order chi connectivity index (χ1) is 13.8. The van der Waals surface area contributed by atoms with Gasteiger partial charge in [0.25, 0.3) is 17.5 Å². The van der Waals surface area contributed by atoms with Crippen LogP contribution in [0.15, 0.2) is 53.4 Å². The molecule has 29 heavy (non-hydrogen) atoms. The summed E-state index contributed by atoms with van der Waals surface area (Å²) >= 11 is 0. The lowest BCUT2D eigenvalue weighted by atomic mass is 10.2.